The first-order valence-electron chi connectivity index (χ1n) is 6.76. The molecule has 16 heavy (non-hydrogen) atoms. The van der Waals surface area contributed by atoms with Gasteiger partial charge in [-0.2, -0.15) is 0 Å². The van der Waals surface area contributed by atoms with E-state index in [0.717, 1.165) is 11.6 Å². The number of nitrogen functional groups attached to an aromatic ring is 1. The summed E-state index contributed by atoms with van der Waals surface area (Å²) in [5.41, 5.74) is 11.8. The van der Waals surface area contributed by atoms with Crippen LogP contribution in [0.15, 0.2) is 12.1 Å². The molecular formula is C15H21N. The highest BCUT2D eigenvalue weighted by atomic mass is 14.5. The Bertz CT molecular complexity index is 361. The summed E-state index contributed by atoms with van der Waals surface area (Å²) in [6.07, 6.45) is 10.8. The number of rotatable bonds is 0. The number of hydrogen-bond acceptors (Lipinski definition) is 1. The van der Waals surface area contributed by atoms with Crippen LogP contribution in [0.4, 0.5) is 5.69 Å². The van der Waals surface area contributed by atoms with E-state index in [1.165, 1.54) is 51.4 Å². The topological polar surface area (TPSA) is 26.0 Å². The van der Waals surface area contributed by atoms with E-state index in [9.17, 15) is 0 Å². The van der Waals surface area contributed by atoms with Crippen LogP contribution in [0, 0.1) is 0 Å². The molecule has 0 aromatic heterocycles. The molecule has 0 spiro atoms. The molecule has 86 valence electrons. The van der Waals surface area contributed by atoms with E-state index in [4.69, 9.17) is 5.73 Å². The van der Waals surface area contributed by atoms with E-state index < -0.39 is 0 Å². The van der Waals surface area contributed by atoms with E-state index in [2.05, 4.69) is 12.1 Å². The molecule has 1 aromatic rings. The van der Waals surface area contributed by atoms with Gasteiger partial charge < -0.3 is 5.73 Å². The fourth-order valence-electron chi connectivity index (χ4n) is 3.59. The van der Waals surface area contributed by atoms with Gasteiger partial charge >= 0.3 is 0 Å². The Morgan fingerprint density at radius 1 is 0.875 bits per heavy atom. The second-order valence-electron chi connectivity index (χ2n) is 5.44. The van der Waals surface area contributed by atoms with Crippen molar-refractivity contribution in [2.24, 2.45) is 0 Å². The first-order valence-corrected chi connectivity index (χ1v) is 6.76. The van der Waals surface area contributed by atoms with E-state index >= 15 is 0 Å². The van der Waals surface area contributed by atoms with Gasteiger partial charge in [-0.05, 0) is 73.3 Å². The van der Waals surface area contributed by atoms with Gasteiger partial charge in [-0.15, -0.1) is 0 Å². The lowest BCUT2D eigenvalue weighted by Gasteiger charge is -2.19. The number of hydrogen-bond donors (Lipinski definition) is 1. The molecule has 2 aliphatic carbocycles. The molecule has 0 radical (unpaired) electrons. The smallest absolute Gasteiger partial charge is 0.0319 e. The monoisotopic (exact) mass is 215 g/mol. The second-order valence-corrected chi connectivity index (χ2v) is 5.44. The van der Waals surface area contributed by atoms with E-state index in [1.807, 2.05) is 0 Å². The molecule has 1 nitrogen and oxygen atoms in total. The molecule has 0 fully saturated rings. The molecule has 1 aromatic carbocycles. The van der Waals surface area contributed by atoms with Gasteiger partial charge in [0.25, 0.3) is 0 Å². The van der Waals surface area contributed by atoms with Crippen molar-refractivity contribution < 1.29 is 0 Å². The third-order valence-corrected chi connectivity index (χ3v) is 4.28. The normalized spacial score (nSPS) is 21.0. The summed E-state index contributed by atoms with van der Waals surface area (Å²) in [5.74, 6) is 0.843. The fraction of sp³-hybridized carbons (Fsp3) is 0.600. The van der Waals surface area contributed by atoms with Crippen molar-refractivity contribution in [2.45, 2.75) is 57.3 Å². The number of nitrogens with two attached hydrogens (primary N) is 1. The van der Waals surface area contributed by atoms with Crippen molar-refractivity contribution in [2.75, 3.05) is 5.73 Å². The van der Waals surface area contributed by atoms with Gasteiger partial charge in [-0.1, -0.05) is 12.8 Å². The lowest BCUT2D eigenvalue weighted by atomic mass is 9.87. The lowest BCUT2D eigenvalue weighted by Crippen LogP contribution is -2.04. The van der Waals surface area contributed by atoms with Crippen LogP contribution in [0.2, 0.25) is 0 Å². The van der Waals surface area contributed by atoms with Crippen molar-refractivity contribution in [3.63, 3.8) is 0 Å². The first-order chi connectivity index (χ1) is 7.84. The Morgan fingerprint density at radius 2 is 1.44 bits per heavy atom. The third-order valence-electron chi connectivity index (χ3n) is 4.28. The molecule has 0 unspecified atom stereocenters. The minimum atomic E-state index is 0.843. The highest BCUT2D eigenvalue weighted by Gasteiger charge is 2.23. The molecule has 2 aliphatic rings. The maximum absolute atomic E-state index is 6.03. The highest BCUT2D eigenvalue weighted by molar-refractivity contribution is 5.52. The molecule has 0 saturated heterocycles. The Morgan fingerprint density at radius 3 is 2.00 bits per heavy atom. The molecular weight excluding hydrogens is 194 g/mol. The first kappa shape index (κ1) is 10.2. The highest BCUT2D eigenvalue weighted by Crippen LogP contribution is 2.40. The van der Waals surface area contributed by atoms with Crippen LogP contribution in [0.3, 0.4) is 0 Å². The van der Waals surface area contributed by atoms with E-state index in [1.54, 1.807) is 16.7 Å². The standard InChI is InChI=1S/C15H21N/c16-14-9-12-7-3-1-5-11-6-2-4-8-13(10-14)15(11)12/h9-11H,1-8,16H2. The van der Waals surface area contributed by atoms with Gasteiger partial charge in [0.1, 0.15) is 0 Å². The summed E-state index contributed by atoms with van der Waals surface area (Å²) in [6, 6.07) is 4.48. The molecule has 0 atom stereocenters. The van der Waals surface area contributed by atoms with E-state index in [-0.39, 0.29) is 0 Å². The summed E-state index contributed by atoms with van der Waals surface area (Å²) >= 11 is 0. The quantitative estimate of drug-likeness (QED) is 0.654. The molecule has 0 bridgehead atoms. The summed E-state index contributed by atoms with van der Waals surface area (Å²) in [4.78, 5) is 0. The lowest BCUT2D eigenvalue weighted by molar-refractivity contribution is 0.542. The zero-order chi connectivity index (χ0) is 11.0. The summed E-state index contributed by atoms with van der Waals surface area (Å²) in [6.45, 7) is 0. The summed E-state index contributed by atoms with van der Waals surface area (Å²) in [7, 11) is 0. The third kappa shape index (κ3) is 1.73. The van der Waals surface area contributed by atoms with Crippen LogP contribution in [0.1, 0.15) is 61.1 Å². The predicted octanol–water partition coefficient (Wildman–Crippen LogP) is 3.81. The zero-order valence-electron chi connectivity index (χ0n) is 9.97. The van der Waals surface area contributed by atoms with Crippen molar-refractivity contribution >= 4 is 5.69 Å². The Hall–Kier alpha value is -0.980. The minimum absolute atomic E-state index is 0.843. The predicted molar refractivity (Wildman–Crippen MR) is 68.7 cm³/mol. The van der Waals surface area contributed by atoms with Gasteiger partial charge in [0.05, 0.1) is 0 Å². The molecule has 0 heterocycles. The molecule has 0 amide bonds. The van der Waals surface area contributed by atoms with Crippen LogP contribution in [-0.2, 0) is 12.8 Å². The van der Waals surface area contributed by atoms with Crippen molar-refractivity contribution in [3.05, 3.63) is 28.8 Å². The number of aryl methyl sites for hydroxylation is 2. The van der Waals surface area contributed by atoms with Crippen LogP contribution < -0.4 is 5.73 Å². The average Bonchev–Trinajstić information content (AvgIpc) is 2.57. The van der Waals surface area contributed by atoms with Crippen molar-refractivity contribution in [3.8, 4) is 0 Å². The van der Waals surface area contributed by atoms with E-state index in [0.29, 0.717) is 0 Å². The molecule has 2 N–H and O–H groups in total. The fourth-order valence-corrected chi connectivity index (χ4v) is 3.59. The number of benzene rings is 1. The Balaban J connectivity index is 2.14. The number of anilines is 1. The molecule has 1 heteroatoms. The SMILES string of the molecule is Nc1cc2c3c(c1)CCCCC3CCCC2. The van der Waals surface area contributed by atoms with Crippen LogP contribution in [0.5, 0.6) is 0 Å². The van der Waals surface area contributed by atoms with Gasteiger partial charge in [0, 0.05) is 5.69 Å². The van der Waals surface area contributed by atoms with Gasteiger partial charge in [0.2, 0.25) is 0 Å². The minimum Gasteiger partial charge on any atom is -0.399 e. The van der Waals surface area contributed by atoms with Gasteiger partial charge in [0.15, 0.2) is 0 Å². The van der Waals surface area contributed by atoms with Gasteiger partial charge in [-0.25, -0.2) is 0 Å². The summed E-state index contributed by atoms with van der Waals surface area (Å²) < 4.78 is 0. The van der Waals surface area contributed by atoms with Crippen LogP contribution in [0.25, 0.3) is 0 Å². The maximum atomic E-state index is 6.03. The molecule has 0 aliphatic heterocycles. The van der Waals surface area contributed by atoms with Crippen LogP contribution in [-0.4, -0.2) is 0 Å². The Labute approximate surface area is 98.0 Å². The van der Waals surface area contributed by atoms with Crippen LogP contribution >= 0.6 is 0 Å². The van der Waals surface area contributed by atoms with Crippen molar-refractivity contribution in [1.29, 1.82) is 0 Å². The second kappa shape index (κ2) is 4.12. The Kier molecular flexibility index (Phi) is 2.62. The largest absolute Gasteiger partial charge is 0.399 e. The van der Waals surface area contributed by atoms with Gasteiger partial charge in [-0.3, -0.25) is 0 Å². The maximum Gasteiger partial charge on any atom is 0.0319 e. The average molecular weight is 215 g/mol. The zero-order valence-corrected chi connectivity index (χ0v) is 9.97. The summed E-state index contributed by atoms with van der Waals surface area (Å²) in [5, 5.41) is 0. The molecule has 3 rings (SSSR count). The molecule has 0 saturated carbocycles. The van der Waals surface area contributed by atoms with Crippen molar-refractivity contribution in [1.82, 2.24) is 0 Å².